The zero-order valence-electron chi connectivity index (χ0n) is 22.2. The normalized spacial score (nSPS) is 22.7. The fraction of sp³-hybridized carbons (Fsp3) is 0.414. The predicted molar refractivity (Wildman–Crippen MR) is 156 cm³/mol. The molecule has 2 fully saturated rings. The summed E-state index contributed by atoms with van der Waals surface area (Å²) in [7, 11) is -2.67. The van der Waals surface area contributed by atoms with E-state index in [1.54, 1.807) is 37.7 Å². The van der Waals surface area contributed by atoms with Gasteiger partial charge in [-0.15, -0.1) is 0 Å². The zero-order chi connectivity index (χ0) is 27.1. The molecule has 2 aliphatic heterocycles. The third-order valence-corrected chi connectivity index (χ3v) is 9.90. The summed E-state index contributed by atoms with van der Waals surface area (Å²) in [6.45, 7) is 5.12. The molecule has 3 aliphatic rings. The van der Waals surface area contributed by atoms with Crippen LogP contribution in [-0.4, -0.2) is 59.5 Å². The molecule has 202 valence electrons. The van der Waals surface area contributed by atoms with Gasteiger partial charge in [-0.25, -0.2) is 4.98 Å². The lowest BCUT2D eigenvalue weighted by molar-refractivity contribution is -0.148. The van der Waals surface area contributed by atoms with Crippen LogP contribution in [-0.2, 0) is 22.1 Å². The molecule has 2 N–H and O–H groups in total. The molecule has 3 aromatic rings. The Balaban J connectivity index is 1.18. The molecular formula is C29H32ClN6O2P. The third kappa shape index (κ3) is 5.42. The van der Waals surface area contributed by atoms with Crippen LogP contribution in [0.3, 0.4) is 0 Å². The summed E-state index contributed by atoms with van der Waals surface area (Å²) in [6, 6.07) is 15.5. The van der Waals surface area contributed by atoms with E-state index in [0.717, 1.165) is 31.7 Å². The summed E-state index contributed by atoms with van der Waals surface area (Å²) in [6.07, 6.45) is 7.34. The minimum atomic E-state index is -2.67. The maximum absolute atomic E-state index is 12.9. The van der Waals surface area contributed by atoms with Crippen LogP contribution in [0, 0.1) is 11.3 Å². The third-order valence-electron chi connectivity index (χ3n) is 8.09. The summed E-state index contributed by atoms with van der Waals surface area (Å²) < 4.78 is 18.6. The van der Waals surface area contributed by atoms with Crippen molar-refractivity contribution in [3.8, 4) is 6.07 Å². The van der Waals surface area contributed by atoms with Gasteiger partial charge in [0.05, 0.1) is 36.7 Å². The molecule has 3 atom stereocenters. The van der Waals surface area contributed by atoms with E-state index in [-0.39, 0.29) is 0 Å². The van der Waals surface area contributed by atoms with Crippen molar-refractivity contribution in [3.05, 3.63) is 64.3 Å². The van der Waals surface area contributed by atoms with E-state index in [9.17, 15) is 9.83 Å². The number of aromatic nitrogens is 2. The maximum atomic E-state index is 12.9. The van der Waals surface area contributed by atoms with Crippen LogP contribution in [0.4, 0.5) is 23.1 Å². The number of anilines is 4. The van der Waals surface area contributed by atoms with Gasteiger partial charge in [-0.3, -0.25) is 4.90 Å². The number of morpholine rings is 1. The van der Waals surface area contributed by atoms with Crippen molar-refractivity contribution in [2.45, 2.75) is 50.2 Å². The van der Waals surface area contributed by atoms with Crippen LogP contribution in [0.2, 0.25) is 5.02 Å². The monoisotopic (exact) mass is 562 g/mol. The quantitative estimate of drug-likeness (QED) is 0.302. The molecule has 6 rings (SSSR count). The number of aryl methyl sites for hydroxylation is 2. The van der Waals surface area contributed by atoms with E-state index >= 15 is 0 Å². The molecule has 3 heterocycles. The number of nitrogens with zero attached hydrogens (tertiary/aromatic N) is 4. The van der Waals surface area contributed by atoms with Crippen LogP contribution in [0.15, 0.2) is 42.6 Å². The highest BCUT2D eigenvalue weighted by Gasteiger charge is 2.45. The maximum Gasteiger partial charge on any atom is 0.229 e. The Morgan fingerprint density at radius 2 is 1.82 bits per heavy atom. The summed E-state index contributed by atoms with van der Waals surface area (Å²) in [5, 5.41) is 16.7. The number of nitrogens with one attached hydrogen (secondary N) is 2. The second-order valence-electron chi connectivity index (χ2n) is 11.1. The Hall–Kier alpha value is -2.95. The Morgan fingerprint density at radius 3 is 2.54 bits per heavy atom. The second kappa shape index (κ2) is 10.6. The first kappa shape index (κ1) is 26.3. The van der Waals surface area contributed by atoms with E-state index < -0.39 is 7.14 Å². The van der Waals surface area contributed by atoms with Crippen LogP contribution in [0.25, 0.3) is 0 Å². The van der Waals surface area contributed by atoms with E-state index in [1.165, 1.54) is 30.4 Å². The highest BCUT2D eigenvalue weighted by Crippen LogP contribution is 2.40. The SMILES string of the molecule is CP(C)(=O)c1cc(C#N)ccc1Nc1nc(Nc2ccc3c(c2)CC[C@H](N2C4COCC2C4)CC3)ncc1Cl. The van der Waals surface area contributed by atoms with Gasteiger partial charge in [0.1, 0.15) is 12.2 Å². The molecule has 2 bridgehead atoms. The van der Waals surface area contributed by atoms with Crippen molar-refractivity contribution < 1.29 is 9.30 Å². The van der Waals surface area contributed by atoms with Crippen LogP contribution < -0.4 is 15.9 Å². The first-order valence-electron chi connectivity index (χ1n) is 13.4. The van der Waals surface area contributed by atoms with Gasteiger partial charge < -0.3 is 19.9 Å². The molecule has 2 saturated heterocycles. The first-order valence-corrected chi connectivity index (χ1v) is 16.4. The fourth-order valence-corrected chi connectivity index (χ4v) is 7.45. The van der Waals surface area contributed by atoms with Crippen molar-refractivity contribution in [2.75, 3.05) is 37.2 Å². The minimum Gasteiger partial charge on any atom is -0.378 e. The van der Waals surface area contributed by atoms with Crippen molar-refractivity contribution in [3.63, 3.8) is 0 Å². The largest absolute Gasteiger partial charge is 0.378 e. The van der Waals surface area contributed by atoms with Gasteiger partial charge in [-0.2, -0.15) is 10.2 Å². The number of hydrogen-bond donors (Lipinski definition) is 2. The standard InChI is InChI=1S/C29H32ClN6O2P/c1-39(2,37)27-11-18(14-31)3-10-26(27)34-28-25(30)15-32-29(35-28)33-21-7-4-19-5-8-22(9-6-20(19)12-21)36-23-13-24(36)17-38-16-23/h3-4,7,10-12,15,22-24H,5-6,8-9,13,16-17H2,1-2H3,(H2,32,33,34,35)/t22-,23?,24?/m1/s1. The number of rotatable bonds is 6. The Labute approximate surface area is 234 Å². The smallest absolute Gasteiger partial charge is 0.229 e. The predicted octanol–water partition coefficient (Wildman–Crippen LogP) is 5.46. The number of halogens is 1. The van der Waals surface area contributed by atoms with Crippen molar-refractivity contribution >= 4 is 47.2 Å². The Bertz CT molecular complexity index is 1490. The van der Waals surface area contributed by atoms with Gasteiger partial charge >= 0.3 is 0 Å². The molecule has 39 heavy (non-hydrogen) atoms. The molecule has 0 saturated carbocycles. The fourth-order valence-electron chi connectivity index (χ4n) is 6.15. The lowest BCUT2D eigenvalue weighted by Gasteiger charge is -2.56. The average molecular weight is 563 g/mol. The lowest BCUT2D eigenvalue weighted by atomic mass is 9.87. The number of ether oxygens (including phenoxy) is 1. The highest BCUT2D eigenvalue weighted by molar-refractivity contribution is 7.70. The summed E-state index contributed by atoms with van der Waals surface area (Å²) in [5.74, 6) is 0.809. The molecule has 0 spiro atoms. The second-order valence-corrected chi connectivity index (χ2v) is 14.7. The Morgan fingerprint density at radius 1 is 1.05 bits per heavy atom. The van der Waals surface area contributed by atoms with Crippen molar-refractivity contribution in [1.82, 2.24) is 14.9 Å². The Kier molecular flexibility index (Phi) is 7.11. The number of nitriles is 1. The summed E-state index contributed by atoms with van der Waals surface area (Å²) >= 11 is 6.43. The summed E-state index contributed by atoms with van der Waals surface area (Å²) in [4.78, 5) is 11.7. The van der Waals surface area contributed by atoms with Gasteiger partial charge in [0.15, 0.2) is 5.82 Å². The van der Waals surface area contributed by atoms with Gasteiger partial charge in [0.2, 0.25) is 5.95 Å². The zero-order valence-corrected chi connectivity index (χ0v) is 23.8. The number of benzene rings is 2. The highest BCUT2D eigenvalue weighted by atomic mass is 35.5. The molecule has 1 aromatic heterocycles. The van der Waals surface area contributed by atoms with E-state index in [2.05, 4.69) is 49.8 Å². The van der Waals surface area contributed by atoms with Gasteiger partial charge in [-0.1, -0.05) is 17.7 Å². The minimum absolute atomic E-state index is 0.340. The van der Waals surface area contributed by atoms with Crippen LogP contribution in [0.5, 0.6) is 0 Å². The average Bonchev–Trinajstić information content (AvgIpc) is 3.13. The van der Waals surface area contributed by atoms with Crippen molar-refractivity contribution in [2.24, 2.45) is 0 Å². The van der Waals surface area contributed by atoms with Gasteiger partial charge in [-0.05, 0) is 86.9 Å². The molecule has 8 nitrogen and oxygen atoms in total. The van der Waals surface area contributed by atoms with E-state index in [1.807, 2.05) is 0 Å². The van der Waals surface area contributed by atoms with Gasteiger partial charge in [0.25, 0.3) is 0 Å². The molecule has 2 aromatic carbocycles. The van der Waals surface area contributed by atoms with Crippen LogP contribution in [0.1, 0.15) is 36.0 Å². The molecular weight excluding hydrogens is 531 g/mol. The van der Waals surface area contributed by atoms with E-state index in [0.29, 0.717) is 51.5 Å². The topological polar surface area (TPSA) is 103 Å². The first-order chi connectivity index (χ1) is 18.8. The van der Waals surface area contributed by atoms with Gasteiger partial charge in [0, 0.05) is 29.1 Å². The molecule has 2 unspecified atom stereocenters. The van der Waals surface area contributed by atoms with Crippen molar-refractivity contribution in [1.29, 1.82) is 5.26 Å². The van der Waals surface area contributed by atoms with E-state index in [4.69, 9.17) is 16.3 Å². The number of fused-ring (bicyclic) bond motifs is 3. The molecule has 10 heteroatoms. The molecule has 0 amide bonds. The summed E-state index contributed by atoms with van der Waals surface area (Å²) in [5.41, 5.74) is 4.78. The number of hydrogen-bond acceptors (Lipinski definition) is 8. The molecule has 0 radical (unpaired) electrons. The molecule has 1 aliphatic carbocycles. The lowest BCUT2D eigenvalue weighted by Crippen LogP contribution is -2.66. The van der Waals surface area contributed by atoms with Crippen LogP contribution >= 0.6 is 18.7 Å².